The van der Waals surface area contributed by atoms with Gasteiger partial charge in [0, 0.05) is 6.04 Å². The molecular formula is C24H23N3O4. The Morgan fingerprint density at radius 2 is 1.84 bits per heavy atom. The van der Waals surface area contributed by atoms with Crippen molar-refractivity contribution in [1.29, 1.82) is 0 Å². The molecule has 1 aliphatic rings. The SMILES string of the molecule is COc1cc(/C=N\NC(=O)C(=O)NC2CC2)ccc1OCc1cccc2ccccc12. The number of nitrogens with one attached hydrogen (secondary N) is 2. The van der Waals surface area contributed by atoms with Gasteiger partial charge in [0.15, 0.2) is 11.5 Å². The molecule has 0 spiro atoms. The monoisotopic (exact) mass is 417 g/mol. The Morgan fingerprint density at radius 3 is 2.65 bits per heavy atom. The first-order chi connectivity index (χ1) is 15.1. The maximum Gasteiger partial charge on any atom is 0.329 e. The first kappa shape index (κ1) is 20.4. The molecule has 7 nitrogen and oxygen atoms in total. The van der Waals surface area contributed by atoms with Gasteiger partial charge in [-0.05, 0) is 52.9 Å². The quantitative estimate of drug-likeness (QED) is 0.351. The molecule has 0 saturated heterocycles. The standard InChI is InChI=1S/C24H23N3O4/c1-30-22-13-16(14-25-27-24(29)23(28)26-19-10-11-19)9-12-21(22)31-15-18-7-4-6-17-5-2-3-8-20(17)18/h2-9,12-14,19H,10-11,15H2,1H3,(H,26,28)(H,27,29)/b25-14-. The van der Waals surface area contributed by atoms with Crippen molar-refractivity contribution in [2.24, 2.45) is 5.10 Å². The summed E-state index contributed by atoms with van der Waals surface area (Å²) in [4.78, 5) is 23.3. The summed E-state index contributed by atoms with van der Waals surface area (Å²) in [5, 5.41) is 8.76. The summed E-state index contributed by atoms with van der Waals surface area (Å²) in [6.07, 6.45) is 3.27. The van der Waals surface area contributed by atoms with Gasteiger partial charge < -0.3 is 14.8 Å². The van der Waals surface area contributed by atoms with Crippen molar-refractivity contribution in [2.75, 3.05) is 7.11 Å². The lowest BCUT2D eigenvalue weighted by Gasteiger charge is -2.12. The fraction of sp³-hybridized carbons (Fsp3) is 0.208. The van der Waals surface area contributed by atoms with Crippen LogP contribution in [0.5, 0.6) is 11.5 Å². The summed E-state index contributed by atoms with van der Waals surface area (Å²) >= 11 is 0. The highest BCUT2D eigenvalue weighted by Crippen LogP contribution is 2.29. The summed E-state index contributed by atoms with van der Waals surface area (Å²) in [7, 11) is 1.56. The Morgan fingerprint density at radius 1 is 1.03 bits per heavy atom. The van der Waals surface area contributed by atoms with Gasteiger partial charge in [-0.15, -0.1) is 0 Å². The van der Waals surface area contributed by atoms with Crippen LogP contribution >= 0.6 is 0 Å². The van der Waals surface area contributed by atoms with E-state index in [1.807, 2.05) is 24.3 Å². The van der Waals surface area contributed by atoms with Gasteiger partial charge >= 0.3 is 11.8 Å². The zero-order valence-corrected chi connectivity index (χ0v) is 17.1. The number of nitrogens with zero attached hydrogens (tertiary/aromatic N) is 1. The highest BCUT2D eigenvalue weighted by Gasteiger charge is 2.26. The van der Waals surface area contributed by atoms with Gasteiger partial charge in [-0.25, -0.2) is 5.43 Å². The van der Waals surface area contributed by atoms with Crippen molar-refractivity contribution in [2.45, 2.75) is 25.5 Å². The predicted octanol–water partition coefficient (Wildman–Crippen LogP) is 3.16. The molecule has 1 fully saturated rings. The fourth-order valence-corrected chi connectivity index (χ4v) is 3.15. The van der Waals surface area contributed by atoms with Gasteiger partial charge in [-0.3, -0.25) is 9.59 Å². The number of methoxy groups -OCH3 is 1. The van der Waals surface area contributed by atoms with Gasteiger partial charge in [0.25, 0.3) is 0 Å². The molecule has 7 heteroatoms. The molecule has 0 radical (unpaired) electrons. The summed E-state index contributed by atoms with van der Waals surface area (Å²) in [5.41, 5.74) is 4.00. The van der Waals surface area contributed by atoms with E-state index < -0.39 is 11.8 Å². The minimum absolute atomic E-state index is 0.118. The third-order valence-corrected chi connectivity index (χ3v) is 4.95. The molecule has 3 aromatic carbocycles. The van der Waals surface area contributed by atoms with E-state index in [1.165, 1.54) is 6.21 Å². The summed E-state index contributed by atoms with van der Waals surface area (Å²) in [6.45, 7) is 0.400. The molecule has 0 atom stereocenters. The van der Waals surface area contributed by atoms with Crippen LogP contribution in [0.15, 0.2) is 65.8 Å². The first-order valence-electron chi connectivity index (χ1n) is 10.1. The average Bonchev–Trinajstić information content (AvgIpc) is 3.61. The number of hydrogen-bond acceptors (Lipinski definition) is 5. The molecule has 2 amide bonds. The largest absolute Gasteiger partial charge is 0.493 e. The second kappa shape index (κ2) is 9.30. The number of hydrazone groups is 1. The van der Waals surface area contributed by atoms with Crippen molar-refractivity contribution >= 4 is 28.8 Å². The maximum atomic E-state index is 11.7. The minimum atomic E-state index is -0.787. The van der Waals surface area contributed by atoms with Crippen LogP contribution in [0.2, 0.25) is 0 Å². The number of carbonyl (C=O) groups is 2. The molecule has 0 aliphatic heterocycles. The topological polar surface area (TPSA) is 89.0 Å². The smallest absolute Gasteiger partial charge is 0.329 e. The second-order valence-corrected chi connectivity index (χ2v) is 7.28. The Balaban J connectivity index is 1.39. The van der Waals surface area contributed by atoms with Crippen molar-refractivity contribution in [1.82, 2.24) is 10.7 Å². The molecule has 2 N–H and O–H groups in total. The Labute approximate surface area is 180 Å². The number of rotatable bonds is 7. The predicted molar refractivity (Wildman–Crippen MR) is 118 cm³/mol. The maximum absolute atomic E-state index is 11.7. The van der Waals surface area contributed by atoms with Gasteiger partial charge in [0.05, 0.1) is 13.3 Å². The zero-order chi connectivity index (χ0) is 21.6. The van der Waals surface area contributed by atoms with Crippen LogP contribution in [-0.4, -0.2) is 31.2 Å². The van der Waals surface area contributed by atoms with Crippen LogP contribution in [-0.2, 0) is 16.2 Å². The molecule has 0 unspecified atom stereocenters. The van der Waals surface area contributed by atoms with Crippen molar-refractivity contribution < 1.29 is 19.1 Å². The van der Waals surface area contributed by atoms with Gasteiger partial charge in [0.1, 0.15) is 6.61 Å². The lowest BCUT2D eigenvalue weighted by Crippen LogP contribution is -2.38. The lowest BCUT2D eigenvalue weighted by molar-refractivity contribution is -0.139. The van der Waals surface area contributed by atoms with Crippen LogP contribution in [0, 0.1) is 0 Å². The number of hydrogen-bond donors (Lipinski definition) is 2. The van der Waals surface area contributed by atoms with E-state index >= 15 is 0 Å². The van der Waals surface area contributed by atoms with Crippen molar-refractivity contribution in [3.63, 3.8) is 0 Å². The molecule has 158 valence electrons. The molecule has 1 saturated carbocycles. The second-order valence-electron chi connectivity index (χ2n) is 7.28. The Bertz CT molecular complexity index is 1130. The number of carbonyl (C=O) groups excluding carboxylic acids is 2. The van der Waals surface area contributed by atoms with Crippen LogP contribution < -0.4 is 20.2 Å². The van der Waals surface area contributed by atoms with E-state index in [9.17, 15) is 9.59 Å². The highest BCUT2D eigenvalue weighted by atomic mass is 16.5. The summed E-state index contributed by atoms with van der Waals surface area (Å²) in [6, 6.07) is 19.7. The van der Waals surface area contributed by atoms with Crippen molar-refractivity contribution in [3.05, 3.63) is 71.8 Å². The Hall–Kier alpha value is -3.87. The van der Waals surface area contributed by atoms with E-state index in [2.05, 4.69) is 34.0 Å². The summed E-state index contributed by atoms with van der Waals surface area (Å²) < 4.78 is 11.4. The number of fused-ring (bicyclic) bond motifs is 1. The van der Waals surface area contributed by atoms with E-state index in [4.69, 9.17) is 9.47 Å². The number of benzene rings is 3. The van der Waals surface area contributed by atoms with E-state index in [0.717, 1.165) is 29.2 Å². The molecule has 0 heterocycles. The van der Waals surface area contributed by atoms with E-state index in [-0.39, 0.29) is 6.04 Å². The van der Waals surface area contributed by atoms with Crippen LogP contribution in [0.1, 0.15) is 24.0 Å². The molecule has 31 heavy (non-hydrogen) atoms. The van der Waals surface area contributed by atoms with Gasteiger partial charge in [-0.2, -0.15) is 5.10 Å². The van der Waals surface area contributed by atoms with E-state index in [1.54, 1.807) is 25.3 Å². The van der Waals surface area contributed by atoms with Crippen molar-refractivity contribution in [3.8, 4) is 11.5 Å². The van der Waals surface area contributed by atoms with Crippen LogP contribution in [0.25, 0.3) is 10.8 Å². The Kier molecular flexibility index (Phi) is 6.12. The minimum Gasteiger partial charge on any atom is -0.493 e. The van der Waals surface area contributed by atoms with Gasteiger partial charge in [-0.1, -0.05) is 42.5 Å². The highest BCUT2D eigenvalue weighted by molar-refractivity contribution is 6.35. The summed E-state index contributed by atoms with van der Waals surface area (Å²) in [5.74, 6) is -0.318. The molecule has 1 aliphatic carbocycles. The lowest BCUT2D eigenvalue weighted by atomic mass is 10.1. The average molecular weight is 417 g/mol. The zero-order valence-electron chi connectivity index (χ0n) is 17.1. The number of ether oxygens (including phenoxy) is 2. The molecule has 0 bridgehead atoms. The van der Waals surface area contributed by atoms with Crippen LogP contribution in [0.4, 0.5) is 0 Å². The molecule has 3 aromatic rings. The third-order valence-electron chi connectivity index (χ3n) is 4.95. The third kappa shape index (κ3) is 5.19. The molecule has 0 aromatic heterocycles. The van der Waals surface area contributed by atoms with E-state index in [0.29, 0.717) is 23.7 Å². The number of amides is 2. The molecule has 4 rings (SSSR count). The first-order valence-corrected chi connectivity index (χ1v) is 10.1. The van der Waals surface area contributed by atoms with Crippen LogP contribution in [0.3, 0.4) is 0 Å². The molecular weight excluding hydrogens is 394 g/mol. The normalized spacial score (nSPS) is 13.2. The van der Waals surface area contributed by atoms with Gasteiger partial charge in [0.2, 0.25) is 0 Å². The fourth-order valence-electron chi connectivity index (χ4n) is 3.15.